The molecule has 1 aliphatic rings. The van der Waals surface area contributed by atoms with Gasteiger partial charge in [-0.1, -0.05) is 18.2 Å². The summed E-state index contributed by atoms with van der Waals surface area (Å²) in [6.07, 6.45) is 5.53. The van der Waals surface area contributed by atoms with Crippen LogP contribution >= 0.6 is 0 Å². The first kappa shape index (κ1) is 16.3. The third-order valence-corrected chi connectivity index (χ3v) is 4.79. The molecule has 124 valence electrons. The molecule has 3 rings (SSSR count). The van der Waals surface area contributed by atoms with Crippen molar-refractivity contribution < 1.29 is 18.7 Å². The number of nitrogens with zero attached hydrogens (tertiary/aromatic N) is 1. The van der Waals surface area contributed by atoms with E-state index in [1.54, 1.807) is 25.3 Å². The van der Waals surface area contributed by atoms with Crippen LogP contribution in [0.5, 0.6) is 0 Å². The van der Waals surface area contributed by atoms with Gasteiger partial charge in [0, 0.05) is 6.20 Å². The first-order valence-electron chi connectivity index (χ1n) is 7.73. The molecule has 0 saturated heterocycles. The van der Waals surface area contributed by atoms with Crippen molar-refractivity contribution in [3.63, 3.8) is 0 Å². The second kappa shape index (κ2) is 6.15. The van der Waals surface area contributed by atoms with E-state index in [9.17, 15) is 18.7 Å². The number of carboxylic acids is 1. The Hall–Kier alpha value is -2.56. The fourth-order valence-corrected chi connectivity index (χ4v) is 3.38. The van der Waals surface area contributed by atoms with E-state index in [-0.39, 0.29) is 6.42 Å². The van der Waals surface area contributed by atoms with Crippen LogP contribution in [0.25, 0.3) is 5.57 Å². The van der Waals surface area contributed by atoms with E-state index in [1.165, 1.54) is 18.2 Å². The number of pyridine rings is 1. The molecular formula is C19H17F2NO2. The maximum atomic E-state index is 13.9. The number of aromatic nitrogens is 1. The molecule has 1 aromatic carbocycles. The third-order valence-electron chi connectivity index (χ3n) is 4.79. The Morgan fingerprint density at radius 1 is 1.29 bits per heavy atom. The minimum absolute atomic E-state index is 0.235. The van der Waals surface area contributed by atoms with E-state index < -0.39 is 23.0 Å². The van der Waals surface area contributed by atoms with E-state index in [4.69, 9.17) is 0 Å². The largest absolute Gasteiger partial charge is 0.481 e. The lowest BCUT2D eigenvalue weighted by Gasteiger charge is -2.34. The molecule has 1 aromatic heterocycles. The maximum absolute atomic E-state index is 13.9. The van der Waals surface area contributed by atoms with Crippen LogP contribution in [0.4, 0.5) is 8.78 Å². The first-order chi connectivity index (χ1) is 11.4. The van der Waals surface area contributed by atoms with E-state index in [1.807, 2.05) is 0 Å². The number of benzene rings is 1. The lowest BCUT2D eigenvalue weighted by molar-refractivity contribution is -0.144. The predicted octanol–water partition coefficient (Wildman–Crippen LogP) is 4.26. The van der Waals surface area contributed by atoms with E-state index in [0.717, 1.165) is 11.8 Å². The molecule has 24 heavy (non-hydrogen) atoms. The zero-order valence-corrected chi connectivity index (χ0v) is 13.2. The average molecular weight is 329 g/mol. The van der Waals surface area contributed by atoms with Gasteiger partial charge in [0.1, 0.15) is 11.6 Å². The minimum atomic E-state index is -1.16. The molecule has 0 spiro atoms. The molecule has 0 aliphatic heterocycles. The fraction of sp³-hybridized carbons (Fsp3) is 0.263. The highest BCUT2D eigenvalue weighted by molar-refractivity contribution is 5.84. The van der Waals surface area contributed by atoms with Crippen LogP contribution in [0.1, 0.15) is 36.0 Å². The molecule has 0 radical (unpaired) electrons. The molecular weight excluding hydrogens is 312 g/mol. The third kappa shape index (κ3) is 2.70. The predicted molar refractivity (Wildman–Crippen MR) is 86.5 cm³/mol. The van der Waals surface area contributed by atoms with Gasteiger partial charge in [0.05, 0.1) is 11.6 Å². The first-order valence-corrected chi connectivity index (χ1v) is 7.73. The van der Waals surface area contributed by atoms with Crippen LogP contribution in [-0.4, -0.2) is 16.1 Å². The van der Waals surface area contributed by atoms with Crippen LogP contribution in [0.15, 0.2) is 42.7 Å². The van der Waals surface area contributed by atoms with Crippen LogP contribution in [0.3, 0.4) is 0 Å². The van der Waals surface area contributed by atoms with Crippen LogP contribution in [0, 0.1) is 18.6 Å². The van der Waals surface area contributed by atoms with Gasteiger partial charge in [-0.25, -0.2) is 8.78 Å². The van der Waals surface area contributed by atoms with Gasteiger partial charge in [-0.05, 0) is 60.6 Å². The normalized spacial score (nSPS) is 20.5. The average Bonchev–Trinajstić information content (AvgIpc) is 2.57. The summed E-state index contributed by atoms with van der Waals surface area (Å²) in [7, 11) is 0. The number of hydrogen-bond acceptors (Lipinski definition) is 2. The molecule has 1 N–H and O–H groups in total. The molecule has 0 amide bonds. The van der Waals surface area contributed by atoms with Crippen molar-refractivity contribution in [2.45, 2.75) is 31.6 Å². The van der Waals surface area contributed by atoms with Gasteiger partial charge < -0.3 is 5.11 Å². The minimum Gasteiger partial charge on any atom is -0.481 e. The molecule has 0 bridgehead atoms. The standard InChI is InChI=1S/C19H17F2NO2/c1-12-16(3-2-4-17(12)21)19(18(23)24)7-5-13(6-8-19)14-9-15(20)11-22-10-14/h2-5,9-11H,6-8H2,1H3,(H,23,24). The van der Waals surface area contributed by atoms with Crippen molar-refractivity contribution in [1.29, 1.82) is 0 Å². The van der Waals surface area contributed by atoms with Crippen molar-refractivity contribution in [1.82, 2.24) is 4.98 Å². The molecule has 0 saturated carbocycles. The molecule has 1 unspecified atom stereocenters. The fourth-order valence-electron chi connectivity index (χ4n) is 3.38. The Labute approximate surface area is 138 Å². The summed E-state index contributed by atoms with van der Waals surface area (Å²) in [5.41, 5.74) is 1.24. The molecule has 5 heteroatoms. The van der Waals surface area contributed by atoms with Gasteiger partial charge in [0.2, 0.25) is 0 Å². The monoisotopic (exact) mass is 329 g/mol. The lowest BCUT2D eigenvalue weighted by Crippen LogP contribution is -2.38. The second-order valence-electron chi connectivity index (χ2n) is 6.12. The smallest absolute Gasteiger partial charge is 0.314 e. The maximum Gasteiger partial charge on any atom is 0.314 e. The summed E-state index contributed by atoms with van der Waals surface area (Å²) in [5, 5.41) is 9.83. The van der Waals surface area contributed by atoms with Gasteiger partial charge in [-0.15, -0.1) is 0 Å². The summed E-state index contributed by atoms with van der Waals surface area (Å²) < 4.78 is 27.2. The molecule has 1 heterocycles. The van der Waals surface area contributed by atoms with E-state index >= 15 is 0 Å². The number of carbonyl (C=O) groups is 1. The van der Waals surface area contributed by atoms with Gasteiger partial charge in [-0.2, -0.15) is 0 Å². The highest BCUT2D eigenvalue weighted by Crippen LogP contribution is 2.43. The Bertz CT molecular complexity index is 832. The quantitative estimate of drug-likeness (QED) is 0.915. The van der Waals surface area contributed by atoms with Crippen molar-refractivity contribution in [2.24, 2.45) is 0 Å². The van der Waals surface area contributed by atoms with E-state index in [0.29, 0.717) is 29.5 Å². The van der Waals surface area contributed by atoms with E-state index in [2.05, 4.69) is 4.98 Å². The highest BCUT2D eigenvalue weighted by Gasteiger charge is 2.42. The molecule has 1 aliphatic carbocycles. The highest BCUT2D eigenvalue weighted by atomic mass is 19.1. The van der Waals surface area contributed by atoms with Crippen molar-refractivity contribution in [2.75, 3.05) is 0 Å². The van der Waals surface area contributed by atoms with Gasteiger partial charge in [0.15, 0.2) is 0 Å². The number of hydrogen-bond donors (Lipinski definition) is 1. The van der Waals surface area contributed by atoms with Crippen LogP contribution in [-0.2, 0) is 10.2 Å². The lowest BCUT2D eigenvalue weighted by atomic mass is 9.68. The molecule has 1 atom stereocenters. The number of halogens is 2. The van der Waals surface area contributed by atoms with Crippen molar-refractivity contribution in [3.8, 4) is 0 Å². The summed E-state index contributed by atoms with van der Waals surface area (Å²) in [4.78, 5) is 15.8. The Morgan fingerprint density at radius 3 is 2.71 bits per heavy atom. The van der Waals surface area contributed by atoms with Gasteiger partial charge >= 0.3 is 5.97 Å². The number of carboxylic acid groups (broad SMARTS) is 1. The molecule has 0 fully saturated rings. The number of rotatable bonds is 3. The Kier molecular flexibility index (Phi) is 4.18. The Balaban J connectivity index is 2.01. The second-order valence-corrected chi connectivity index (χ2v) is 6.12. The van der Waals surface area contributed by atoms with Crippen LogP contribution < -0.4 is 0 Å². The summed E-state index contributed by atoms with van der Waals surface area (Å²) in [6.45, 7) is 1.60. The molecule has 3 nitrogen and oxygen atoms in total. The Morgan fingerprint density at radius 2 is 2.08 bits per heavy atom. The van der Waals surface area contributed by atoms with Crippen molar-refractivity contribution >= 4 is 11.5 Å². The van der Waals surface area contributed by atoms with Gasteiger partial charge in [0.25, 0.3) is 0 Å². The molecule has 2 aromatic rings. The zero-order chi connectivity index (χ0) is 17.3. The summed E-state index contributed by atoms with van der Waals surface area (Å²) in [6, 6.07) is 5.93. The summed E-state index contributed by atoms with van der Waals surface area (Å²) >= 11 is 0. The SMILES string of the molecule is Cc1c(F)cccc1C1(C(=O)O)CC=C(c2cncc(F)c2)CC1. The topological polar surface area (TPSA) is 50.2 Å². The summed E-state index contributed by atoms with van der Waals surface area (Å²) in [5.74, 6) is -1.80. The van der Waals surface area contributed by atoms with Crippen molar-refractivity contribution in [3.05, 3.63) is 71.1 Å². The van der Waals surface area contributed by atoms with Crippen LogP contribution in [0.2, 0.25) is 0 Å². The van der Waals surface area contributed by atoms with Gasteiger partial charge in [-0.3, -0.25) is 9.78 Å². The number of allylic oxidation sites excluding steroid dienone is 2. The number of aliphatic carboxylic acids is 1. The zero-order valence-electron chi connectivity index (χ0n) is 13.2.